The van der Waals surface area contributed by atoms with E-state index >= 15 is 0 Å². The van der Waals surface area contributed by atoms with Crippen molar-refractivity contribution in [2.24, 2.45) is 5.92 Å². The Morgan fingerprint density at radius 3 is 2.85 bits per heavy atom. The van der Waals surface area contributed by atoms with Crippen LogP contribution >= 0.6 is 0 Å². The molecule has 1 aliphatic rings. The summed E-state index contributed by atoms with van der Waals surface area (Å²) in [6.07, 6.45) is 0.990. The molecule has 1 aliphatic heterocycles. The summed E-state index contributed by atoms with van der Waals surface area (Å²) in [6, 6.07) is 5.69. The van der Waals surface area contributed by atoms with Gasteiger partial charge in [-0.25, -0.2) is 4.79 Å². The lowest BCUT2D eigenvalue weighted by Gasteiger charge is -2.18. The van der Waals surface area contributed by atoms with Crippen molar-refractivity contribution in [1.82, 2.24) is 10.2 Å². The van der Waals surface area contributed by atoms with Gasteiger partial charge in [0.05, 0.1) is 0 Å². The number of rotatable bonds is 5. The second-order valence-corrected chi connectivity index (χ2v) is 5.46. The average molecular weight is 278 g/mol. The van der Waals surface area contributed by atoms with E-state index < -0.39 is 0 Å². The highest BCUT2D eigenvalue weighted by Crippen LogP contribution is 2.32. The summed E-state index contributed by atoms with van der Waals surface area (Å²) >= 11 is 0. The zero-order chi connectivity index (χ0) is 14.5. The summed E-state index contributed by atoms with van der Waals surface area (Å²) in [7, 11) is 1.79. The Labute approximate surface area is 119 Å². The first-order chi connectivity index (χ1) is 9.56. The van der Waals surface area contributed by atoms with E-state index in [2.05, 4.69) is 19.2 Å². The molecule has 20 heavy (non-hydrogen) atoms. The van der Waals surface area contributed by atoms with Crippen molar-refractivity contribution in [1.29, 1.82) is 0 Å². The van der Waals surface area contributed by atoms with Gasteiger partial charge < -0.3 is 19.7 Å². The number of amides is 2. The molecule has 0 atom stereocenters. The molecular weight excluding hydrogens is 256 g/mol. The molecule has 0 bridgehead atoms. The molecule has 1 aromatic rings. The predicted octanol–water partition coefficient (Wildman–Crippen LogP) is 2.60. The average Bonchev–Trinajstić information content (AvgIpc) is 2.85. The third-order valence-corrected chi connectivity index (χ3v) is 3.20. The van der Waals surface area contributed by atoms with Crippen molar-refractivity contribution in [3.8, 4) is 11.5 Å². The Morgan fingerprint density at radius 1 is 1.35 bits per heavy atom. The zero-order valence-corrected chi connectivity index (χ0v) is 12.3. The van der Waals surface area contributed by atoms with Crippen LogP contribution in [0.2, 0.25) is 0 Å². The summed E-state index contributed by atoms with van der Waals surface area (Å²) in [5.74, 6) is 2.10. The highest BCUT2D eigenvalue weighted by atomic mass is 16.7. The largest absolute Gasteiger partial charge is 0.454 e. The van der Waals surface area contributed by atoms with Crippen molar-refractivity contribution in [2.45, 2.75) is 26.8 Å². The first-order valence-electron chi connectivity index (χ1n) is 6.93. The van der Waals surface area contributed by atoms with Crippen LogP contribution in [0.4, 0.5) is 4.79 Å². The van der Waals surface area contributed by atoms with Crippen molar-refractivity contribution >= 4 is 6.03 Å². The number of benzene rings is 1. The van der Waals surface area contributed by atoms with E-state index in [1.54, 1.807) is 11.9 Å². The van der Waals surface area contributed by atoms with Crippen LogP contribution in [0, 0.1) is 5.92 Å². The summed E-state index contributed by atoms with van der Waals surface area (Å²) in [5, 5.41) is 2.92. The van der Waals surface area contributed by atoms with Crippen molar-refractivity contribution < 1.29 is 14.3 Å². The van der Waals surface area contributed by atoms with Gasteiger partial charge in [0, 0.05) is 20.1 Å². The number of ether oxygens (including phenoxy) is 2. The number of carbonyl (C=O) groups excluding carboxylic acids is 1. The number of nitrogens with one attached hydrogen (secondary N) is 1. The second-order valence-electron chi connectivity index (χ2n) is 5.46. The van der Waals surface area contributed by atoms with Crippen molar-refractivity contribution in [3.63, 3.8) is 0 Å². The lowest BCUT2D eigenvalue weighted by molar-refractivity contribution is 0.174. The summed E-state index contributed by atoms with van der Waals surface area (Å²) in [5.41, 5.74) is 1.02. The Kier molecular flexibility index (Phi) is 4.71. The molecule has 1 heterocycles. The monoisotopic (exact) mass is 278 g/mol. The summed E-state index contributed by atoms with van der Waals surface area (Å²) < 4.78 is 10.6. The lowest BCUT2D eigenvalue weighted by atomic mass is 10.1. The second kappa shape index (κ2) is 6.50. The first kappa shape index (κ1) is 14.5. The van der Waals surface area contributed by atoms with E-state index in [1.807, 2.05) is 18.2 Å². The Balaban J connectivity index is 1.84. The minimum absolute atomic E-state index is 0.0525. The number of urea groups is 1. The Hall–Kier alpha value is -1.91. The van der Waals surface area contributed by atoms with Crippen LogP contribution in [0.3, 0.4) is 0 Å². The van der Waals surface area contributed by atoms with Crippen LogP contribution in [0.15, 0.2) is 18.2 Å². The topological polar surface area (TPSA) is 50.8 Å². The number of nitrogens with zero attached hydrogens (tertiary/aromatic N) is 1. The molecule has 0 spiro atoms. The van der Waals surface area contributed by atoms with Crippen molar-refractivity contribution in [3.05, 3.63) is 23.8 Å². The van der Waals surface area contributed by atoms with Gasteiger partial charge in [0.15, 0.2) is 11.5 Å². The fourth-order valence-electron chi connectivity index (χ4n) is 1.99. The van der Waals surface area contributed by atoms with Crippen LogP contribution in [0.5, 0.6) is 11.5 Å². The van der Waals surface area contributed by atoms with E-state index in [0.717, 1.165) is 23.5 Å². The van der Waals surface area contributed by atoms with Crippen LogP contribution in [-0.2, 0) is 6.54 Å². The molecule has 5 nitrogen and oxygen atoms in total. The van der Waals surface area contributed by atoms with Gasteiger partial charge in [-0.15, -0.1) is 0 Å². The first-order valence-corrected chi connectivity index (χ1v) is 6.93. The van der Waals surface area contributed by atoms with Crippen LogP contribution in [0.1, 0.15) is 25.8 Å². The zero-order valence-electron chi connectivity index (χ0n) is 12.3. The maximum Gasteiger partial charge on any atom is 0.317 e. The standard InChI is InChI=1S/C15H22N2O3/c1-11(2)6-7-16-15(18)17(3)9-12-4-5-13-14(8-12)20-10-19-13/h4-5,8,11H,6-7,9-10H2,1-3H3,(H,16,18). The third kappa shape index (κ3) is 3.79. The predicted molar refractivity (Wildman–Crippen MR) is 76.9 cm³/mol. The highest BCUT2D eigenvalue weighted by Gasteiger charge is 2.15. The number of carbonyl (C=O) groups is 1. The fourth-order valence-corrected chi connectivity index (χ4v) is 1.99. The maximum absolute atomic E-state index is 11.9. The molecule has 2 rings (SSSR count). The van der Waals surface area contributed by atoms with E-state index in [0.29, 0.717) is 19.0 Å². The number of hydrogen-bond acceptors (Lipinski definition) is 3. The van der Waals surface area contributed by atoms with Crippen LogP contribution in [0.25, 0.3) is 0 Å². The molecule has 0 aliphatic carbocycles. The SMILES string of the molecule is CC(C)CCNC(=O)N(C)Cc1ccc2c(c1)OCO2. The quantitative estimate of drug-likeness (QED) is 0.900. The van der Waals surface area contributed by atoms with Gasteiger partial charge in [-0.3, -0.25) is 0 Å². The van der Waals surface area contributed by atoms with Gasteiger partial charge >= 0.3 is 6.03 Å². The smallest absolute Gasteiger partial charge is 0.317 e. The van der Waals surface area contributed by atoms with Gasteiger partial charge in [-0.1, -0.05) is 19.9 Å². The molecule has 0 radical (unpaired) electrons. The summed E-state index contributed by atoms with van der Waals surface area (Å²) in [6.45, 7) is 5.81. The normalized spacial score (nSPS) is 12.6. The van der Waals surface area contributed by atoms with E-state index in [9.17, 15) is 4.79 Å². The van der Waals surface area contributed by atoms with Gasteiger partial charge in [0.2, 0.25) is 6.79 Å². The van der Waals surface area contributed by atoms with E-state index in [-0.39, 0.29) is 12.8 Å². The molecule has 110 valence electrons. The molecule has 0 saturated carbocycles. The minimum Gasteiger partial charge on any atom is -0.454 e. The molecule has 1 aromatic carbocycles. The molecule has 2 amide bonds. The Morgan fingerprint density at radius 2 is 2.10 bits per heavy atom. The fraction of sp³-hybridized carbons (Fsp3) is 0.533. The van der Waals surface area contributed by atoms with Gasteiger partial charge in [-0.2, -0.15) is 0 Å². The maximum atomic E-state index is 11.9. The molecule has 0 unspecified atom stereocenters. The van der Waals surface area contributed by atoms with E-state index in [4.69, 9.17) is 9.47 Å². The summed E-state index contributed by atoms with van der Waals surface area (Å²) in [4.78, 5) is 13.6. The van der Waals surface area contributed by atoms with E-state index in [1.165, 1.54) is 0 Å². The Bertz CT molecular complexity index is 474. The van der Waals surface area contributed by atoms with Crippen LogP contribution < -0.4 is 14.8 Å². The minimum atomic E-state index is -0.0525. The van der Waals surface area contributed by atoms with Crippen LogP contribution in [-0.4, -0.2) is 31.3 Å². The van der Waals surface area contributed by atoms with Gasteiger partial charge in [0.25, 0.3) is 0 Å². The number of hydrogen-bond donors (Lipinski definition) is 1. The number of fused-ring (bicyclic) bond motifs is 1. The molecule has 1 N–H and O–H groups in total. The van der Waals surface area contributed by atoms with Crippen molar-refractivity contribution in [2.75, 3.05) is 20.4 Å². The van der Waals surface area contributed by atoms with Gasteiger partial charge in [-0.05, 0) is 30.0 Å². The third-order valence-electron chi connectivity index (χ3n) is 3.20. The molecule has 0 aromatic heterocycles. The lowest BCUT2D eigenvalue weighted by Crippen LogP contribution is -2.37. The highest BCUT2D eigenvalue weighted by molar-refractivity contribution is 5.73. The molecular formula is C15H22N2O3. The molecule has 0 fully saturated rings. The molecule has 0 saturated heterocycles. The molecule has 5 heteroatoms. The van der Waals surface area contributed by atoms with Gasteiger partial charge in [0.1, 0.15) is 0 Å².